The van der Waals surface area contributed by atoms with Crippen LogP contribution in [0.2, 0.25) is 0 Å². The first-order valence-electron chi connectivity index (χ1n) is 9.79. The molecule has 0 atom stereocenters. The number of carbonyl (C=O) groups is 2. The van der Waals surface area contributed by atoms with Crippen molar-refractivity contribution < 1.29 is 18.7 Å². The van der Waals surface area contributed by atoms with Crippen molar-refractivity contribution in [3.8, 4) is 17.1 Å². The molecule has 7 heteroatoms. The summed E-state index contributed by atoms with van der Waals surface area (Å²) in [4.78, 5) is 25.2. The summed E-state index contributed by atoms with van der Waals surface area (Å²) >= 11 is 1.35. The lowest BCUT2D eigenvalue weighted by Crippen LogP contribution is -2.12. The number of amides is 2. The number of carbonyl (C=O) groups excluding carboxylic acids is 2. The summed E-state index contributed by atoms with van der Waals surface area (Å²) in [6.45, 7) is 0. The maximum Gasteiger partial charge on any atom is 0.265 e. The zero-order chi connectivity index (χ0) is 22.3. The topological polar surface area (TPSA) is 80.6 Å². The second-order valence-electron chi connectivity index (χ2n) is 6.74. The molecule has 0 spiro atoms. The van der Waals surface area contributed by atoms with E-state index in [9.17, 15) is 9.59 Å². The van der Waals surface area contributed by atoms with Gasteiger partial charge in [0.1, 0.15) is 17.3 Å². The molecular weight excluding hydrogens is 424 g/mol. The summed E-state index contributed by atoms with van der Waals surface area (Å²) in [5.74, 6) is 1.21. The van der Waals surface area contributed by atoms with Crippen molar-refractivity contribution in [3.63, 3.8) is 0 Å². The summed E-state index contributed by atoms with van der Waals surface area (Å²) in [6.07, 6.45) is 3.00. The highest BCUT2D eigenvalue weighted by molar-refractivity contribution is 7.12. The summed E-state index contributed by atoms with van der Waals surface area (Å²) in [7, 11) is 1.50. The van der Waals surface area contributed by atoms with Crippen molar-refractivity contribution in [2.24, 2.45) is 0 Å². The van der Waals surface area contributed by atoms with Crippen molar-refractivity contribution in [3.05, 3.63) is 94.9 Å². The van der Waals surface area contributed by atoms with E-state index in [0.717, 1.165) is 11.3 Å². The van der Waals surface area contributed by atoms with Gasteiger partial charge in [-0.3, -0.25) is 9.59 Å². The van der Waals surface area contributed by atoms with Gasteiger partial charge in [-0.05, 0) is 41.8 Å². The molecule has 2 amide bonds. The van der Waals surface area contributed by atoms with E-state index in [1.165, 1.54) is 24.5 Å². The van der Waals surface area contributed by atoms with E-state index in [-0.39, 0.29) is 11.8 Å². The normalized spacial score (nSPS) is 10.8. The number of ether oxygens (including phenoxy) is 1. The molecule has 0 bridgehead atoms. The van der Waals surface area contributed by atoms with Crippen LogP contribution in [0, 0.1) is 0 Å². The molecule has 0 aliphatic carbocycles. The largest absolute Gasteiger partial charge is 0.494 e. The van der Waals surface area contributed by atoms with Gasteiger partial charge >= 0.3 is 0 Å². The third-order valence-electron chi connectivity index (χ3n) is 4.55. The minimum Gasteiger partial charge on any atom is -0.494 e. The molecule has 2 aromatic carbocycles. The predicted molar refractivity (Wildman–Crippen MR) is 127 cm³/mol. The molecule has 160 valence electrons. The number of benzene rings is 2. The standard InChI is InChI=1S/C25H20N2O4S/c1-30-22-16-18(9-12-20(22)27-25(29)23-8-5-15-32-23)26-24(28)14-11-19-10-13-21(31-19)17-6-3-2-4-7-17/h2-16H,1H3,(H,26,28)(H,27,29)/b14-11+. The average Bonchev–Trinajstić information content (AvgIpc) is 3.52. The Morgan fingerprint density at radius 3 is 2.56 bits per heavy atom. The van der Waals surface area contributed by atoms with E-state index >= 15 is 0 Å². The first-order valence-corrected chi connectivity index (χ1v) is 10.7. The van der Waals surface area contributed by atoms with Crippen LogP contribution in [0.3, 0.4) is 0 Å². The van der Waals surface area contributed by atoms with E-state index < -0.39 is 0 Å². The van der Waals surface area contributed by atoms with Crippen LogP contribution < -0.4 is 15.4 Å². The minimum absolute atomic E-state index is 0.216. The Morgan fingerprint density at radius 1 is 0.969 bits per heavy atom. The van der Waals surface area contributed by atoms with E-state index in [2.05, 4.69) is 10.6 Å². The Kier molecular flexibility index (Phi) is 6.48. The quantitative estimate of drug-likeness (QED) is 0.347. The van der Waals surface area contributed by atoms with Crippen molar-refractivity contribution in [2.45, 2.75) is 0 Å². The predicted octanol–water partition coefficient (Wildman–Crippen LogP) is 5.92. The molecule has 0 saturated carbocycles. The SMILES string of the molecule is COc1cc(NC(=O)/C=C/c2ccc(-c3ccccc3)o2)ccc1NC(=O)c1cccs1. The van der Waals surface area contributed by atoms with Crippen LogP contribution in [0.5, 0.6) is 5.75 Å². The van der Waals surface area contributed by atoms with Crippen molar-refractivity contribution >= 4 is 40.6 Å². The molecule has 0 aliphatic heterocycles. The Morgan fingerprint density at radius 2 is 1.81 bits per heavy atom. The average molecular weight is 445 g/mol. The number of thiophene rings is 1. The highest BCUT2D eigenvalue weighted by Crippen LogP contribution is 2.29. The number of hydrogen-bond acceptors (Lipinski definition) is 5. The zero-order valence-corrected chi connectivity index (χ0v) is 18.0. The zero-order valence-electron chi connectivity index (χ0n) is 17.2. The second-order valence-corrected chi connectivity index (χ2v) is 7.68. The molecule has 0 aliphatic rings. The molecule has 0 saturated heterocycles. The molecule has 0 fully saturated rings. The fourth-order valence-corrected chi connectivity index (χ4v) is 3.62. The summed E-state index contributed by atoms with van der Waals surface area (Å²) in [5, 5.41) is 7.43. The minimum atomic E-state index is -0.319. The fraction of sp³-hybridized carbons (Fsp3) is 0.0400. The maximum absolute atomic E-state index is 12.3. The number of rotatable bonds is 7. The van der Waals surface area contributed by atoms with Crippen molar-refractivity contribution in [1.29, 1.82) is 0 Å². The first-order chi connectivity index (χ1) is 15.6. The Hall–Kier alpha value is -4.10. The molecule has 2 aromatic heterocycles. The van der Waals surface area contributed by atoms with Crippen LogP contribution in [-0.4, -0.2) is 18.9 Å². The van der Waals surface area contributed by atoms with Crippen LogP contribution in [-0.2, 0) is 4.79 Å². The Balaban J connectivity index is 1.40. The van der Waals surface area contributed by atoms with E-state index in [4.69, 9.17) is 9.15 Å². The van der Waals surface area contributed by atoms with Gasteiger partial charge in [0, 0.05) is 23.4 Å². The number of anilines is 2. The third kappa shape index (κ3) is 5.14. The first kappa shape index (κ1) is 21.1. The lowest BCUT2D eigenvalue weighted by Gasteiger charge is -2.11. The molecule has 4 rings (SSSR count). The van der Waals surface area contributed by atoms with Gasteiger partial charge in [0.15, 0.2) is 0 Å². The monoisotopic (exact) mass is 444 g/mol. The summed E-state index contributed by atoms with van der Waals surface area (Å²) in [5.41, 5.74) is 2.02. The highest BCUT2D eigenvalue weighted by Gasteiger charge is 2.12. The van der Waals surface area contributed by atoms with Gasteiger partial charge in [-0.1, -0.05) is 36.4 Å². The lowest BCUT2D eigenvalue weighted by atomic mass is 10.2. The number of nitrogens with one attached hydrogen (secondary N) is 2. The van der Waals surface area contributed by atoms with Crippen LogP contribution in [0.15, 0.2) is 88.7 Å². The fourth-order valence-electron chi connectivity index (χ4n) is 3.01. The van der Waals surface area contributed by atoms with Gasteiger partial charge < -0.3 is 19.8 Å². The molecule has 32 heavy (non-hydrogen) atoms. The van der Waals surface area contributed by atoms with Crippen LogP contribution >= 0.6 is 11.3 Å². The van der Waals surface area contributed by atoms with E-state index in [0.29, 0.717) is 27.8 Å². The van der Waals surface area contributed by atoms with Gasteiger partial charge in [0.05, 0.1) is 17.7 Å². The highest BCUT2D eigenvalue weighted by atomic mass is 32.1. The molecule has 0 radical (unpaired) electrons. The summed E-state index contributed by atoms with van der Waals surface area (Å²) < 4.78 is 11.1. The van der Waals surface area contributed by atoms with Crippen LogP contribution in [0.4, 0.5) is 11.4 Å². The van der Waals surface area contributed by atoms with Gasteiger partial charge in [0.2, 0.25) is 5.91 Å². The second kappa shape index (κ2) is 9.80. The molecule has 0 unspecified atom stereocenters. The molecular formula is C25H20N2O4S. The van der Waals surface area contributed by atoms with Crippen molar-refractivity contribution in [1.82, 2.24) is 0 Å². The molecule has 6 nitrogen and oxygen atoms in total. The van der Waals surface area contributed by atoms with E-state index in [1.54, 1.807) is 36.4 Å². The Bertz CT molecular complexity index is 1240. The van der Waals surface area contributed by atoms with Crippen molar-refractivity contribution in [2.75, 3.05) is 17.7 Å². The maximum atomic E-state index is 12.3. The molecule has 4 aromatic rings. The van der Waals surface area contributed by atoms with Gasteiger partial charge in [0.25, 0.3) is 5.91 Å². The third-order valence-corrected chi connectivity index (χ3v) is 5.41. The summed E-state index contributed by atoms with van der Waals surface area (Å²) in [6, 6.07) is 22.0. The number of methoxy groups -OCH3 is 1. The smallest absolute Gasteiger partial charge is 0.265 e. The van der Waals surface area contributed by atoms with Gasteiger partial charge in [-0.25, -0.2) is 0 Å². The Labute approximate surface area is 189 Å². The van der Waals surface area contributed by atoms with E-state index in [1.807, 2.05) is 47.8 Å². The number of hydrogen-bond donors (Lipinski definition) is 2. The number of furan rings is 1. The van der Waals surface area contributed by atoms with Gasteiger partial charge in [-0.15, -0.1) is 11.3 Å². The molecule has 2 heterocycles. The van der Waals surface area contributed by atoms with Crippen LogP contribution in [0.25, 0.3) is 17.4 Å². The lowest BCUT2D eigenvalue weighted by molar-refractivity contribution is -0.111. The van der Waals surface area contributed by atoms with Gasteiger partial charge in [-0.2, -0.15) is 0 Å². The molecule has 2 N–H and O–H groups in total. The van der Waals surface area contributed by atoms with Crippen LogP contribution in [0.1, 0.15) is 15.4 Å².